The third-order valence-corrected chi connectivity index (χ3v) is 7.20. The Morgan fingerprint density at radius 2 is 1.83 bits per heavy atom. The third-order valence-electron chi connectivity index (χ3n) is 5.24. The highest BCUT2D eigenvalue weighted by Gasteiger charge is 2.34. The summed E-state index contributed by atoms with van der Waals surface area (Å²) in [6, 6.07) is 16.0. The average Bonchev–Trinajstić information content (AvgIpc) is 2.75. The summed E-state index contributed by atoms with van der Waals surface area (Å²) in [7, 11) is -2.11. The van der Waals surface area contributed by atoms with E-state index in [1.807, 2.05) is 30.3 Å². The van der Waals surface area contributed by atoms with Crippen LogP contribution in [0.4, 0.5) is 0 Å². The van der Waals surface area contributed by atoms with Gasteiger partial charge in [-0.05, 0) is 49.1 Å². The standard InChI is InChI=1S/C22H28N2O4S/c1-28-20-10-12-21(13-11-20)29(26,27)24-16-6-5-9-19(24)17-22(25)23-15-14-18-7-3-2-4-8-18/h2-4,7-8,10-13,19H,5-6,9,14-17H2,1H3,(H,23,25)/t19-/m0/s1. The number of hydrogen-bond donors (Lipinski definition) is 1. The van der Waals surface area contributed by atoms with Crippen LogP contribution in [-0.4, -0.2) is 44.9 Å². The number of carbonyl (C=O) groups is 1. The first-order valence-corrected chi connectivity index (χ1v) is 11.4. The Bertz CT molecular complexity index is 898. The number of sulfonamides is 1. The number of amides is 1. The van der Waals surface area contributed by atoms with Crippen LogP contribution in [-0.2, 0) is 21.2 Å². The average molecular weight is 417 g/mol. The molecule has 1 aliphatic heterocycles. The van der Waals surface area contributed by atoms with Gasteiger partial charge in [0.05, 0.1) is 12.0 Å². The quantitative estimate of drug-likeness (QED) is 0.718. The van der Waals surface area contributed by atoms with Gasteiger partial charge in [-0.3, -0.25) is 4.79 Å². The molecule has 7 heteroatoms. The van der Waals surface area contributed by atoms with E-state index < -0.39 is 10.0 Å². The van der Waals surface area contributed by atoms with Crippen molar-refractivity contribution in [3.63, 3.8) is 0 Å². The Morgan fingerprint density at radius 3 is 2.52 bits per heavy atom. The first-order valence-electron chi connectivity index (χ1n) is 9.97. The lowest BCUT2D eigenvalue weighted by atomic mass is 10.0. The van der Waals surface area contributed by atoms with E-state index in [0.29, 0.717) is 25.3 Å². The van der Waals surface area contributed by atoms with E-state index in [4.69, 9.17) is 4.74 Å². The molecule has 0 bridgehead atoms. The van der Waals surface area contributed by atoms with Gasteiger partial charge in [-0.2, -0.15) is 4.31 Å². The fraction of sp³-hybridized carbons (Fsp3) is 0.409. The molecule has 0 spiro atoms. The van der Waals surface area contributed by atoms with Crippen molar-refractivity contribution >= 4 is 15.9 Å². The Hall–Kier alpha value is -2.38. The molecule has 1 heterocycles. The van der Waals surface area contributed by atoms with E-state index in [0.717, 1.165) is 24.8 Å². The van der Waals surface area contributed by atoms with Crippen molar-refractivity contribution in [3.8, 4) is 5.75 Å². The number of methoxy groups -OCH3 is 1. The third kappa shape index (κ3) is 5.58. The van der Waals surface area contributed by atoms with Crippen molar-refractivity contribution in [2.75, 3.05) is 20.2 Å². The summed E-state index contributed by atoms with van der Waals surface area (Å²) in [6.07, 6.45) is 3.37. The highest BCUT2D eigenvalue weighted by molar-refractivity contribution is 7.89. The highest BCUT2D eigenvalue weighted by atomic mass is 32.2. The van der Waals surface area contributed by atoms with Gasteiger partial charge in [-0.25, -0.2) is 8.42 Å². The molecule has 1 saturated heterocycles. The second-order valence-electron chi connectivity index (χ2n) is 7.23. The molecule has 1 amide bonds. The molecule has 0 aromatic heterocycles. The second-order valence-corrected chi connectivity index (χ2v) is 9.12. The van der Waals surface area contributed by atoms with Crippen molar-refractivity contribution in [3.05, 3.63) is 60.2 Å². The molecule has 29 heavy (non-hydrogen) atoms. The summed E-state index contributed by atoms with van der Waals surface area (Å²) in [6.45, 7) is 0.983. The second kappa shape index (κ2) is 9.89. The molecule has 156 valence electrons. The first-order chi connectivity index (χ1) is 14.0. The predicted molar refractivity (Wildman–Crippen MR) is 112 cm³/mol. The van der Waals surface area contributed by atoms with Crippen LogP contribution in [0.5, 0.6) is 5.75 Å². The van der Waals surface area contributed by atoms with Gasteiger partial charge in [0, 0.05) is 25.6 Å². The lowest BCUT2D eigenvalue weighted by Gasteiger charge is -2.34. The van der Waals surface area contributed by atoms with Crippen LogP contribution in [0.15, 0.2) is 59.5 Å². The summed E-state index contributed by atoms with van der Waals surface area (Å²) in [4.78, 5) is 12.7. The molecule has 1 N–H and O–H groups in total. The number of hydrogen-bond acceptors (Lipinski definition) is 4. The van der Waals surface area contributed by atoms with Crippen LogP contribution in [0.3, 0.4) is 0 Å². The largest absolute Gasteiger partial charge is 0.497 e. The molecule has 1 fully saturated rings. The van der Waals surface area contributed by atoms with E-state index in [9.17, 15) is 13.2 Å². The van der Waals surface area contributed by atoms with Gasteiger partial charge in [-0.1, -0.05) is 36.8 Å². The number of ether oxygens (including phenoxy) is 1. The number of rotatable bonds is 8. The van der Waals surface area contributed by atoms with Crippen LogP contribution in [0.2, 0.25) is 0 Å². The molecule has 3 rings (SSSR count). The maximum absolute atomic E-state index is 13.1. The molecule has 2 aromatic rings. The summed E-state index contributed by atoms with van der Waals surface area (Å²) in [5, 5.41) is 2.93. The molecule has 2 aromatic carbocycles. The monoisotopic (exact) mass is 416 g/mol. The Kier molecular flexibility index (Phi) is 7.28. The van der Waals surface area contributed by atoms with Crippen LogP contribution in [0.1, 0.15) is 31.2 Å². The van der Waals surface area contributed by atoms with Crippen molar-refractivity contribution in [1.29, 1.82) is 0 Å². The molecular weight excluding hydrogens is 388 g/mol. The fourth-order valence-electron chi connectivity index (χ4n) is 3.65. The Labute approximate surface area is 172 Å². The lowest BCUT2D eigenvalue weighted by molar-refractivity contribution is -0.122. The molecule has 0 unspecified atom stereocenters. The first kappa shape index (κ1) is 21.3. The van der Waals surface area contributed by atoms with Crippen molar-refractivity contribution < 1.29 is 17.9 Å². The molecule has 0 radical (unpaired) electrons. The molecule has 6 nitrogen and oxygen atoms in total. The van der Waals surface area contributed by atoms with E-state index in [-0.39, 0.29) is 23.3 Å². The zero-order chi connectivity index (χ0) is 20.7. The Balaban J connectivity index is 1.61. The molecule has 0 aliphatic carbocycles. The zero-order valence-electron chi connectivity index (χ0n) is 16.7. The van der Waals surface area contributed by atoms with E-state index >= 15 is 0 Å². The van der Waals surface area contributed by atoms with Gasteiger partial charge in [0.1, 0.15) is 5.75 Å². The minimum absolute atomic E-state index is 0.109. The van der Waals surface area contributed by atoms with Gasteiger partial charge in [0.2, 0.25) is 15.9 Å². The van der Waals surface area contributed by atoms with Crippen molar-refractivity contribution in [2.24, 2.45) is 0 Å². The summed E-state index contributed by atoms with van der Waals surface area (Å²) in [5.41, 5.74) is 1.16. The molecule has 1 atom stereocenters. The summed E-state index contributed by atoms with van der Waals surface area (Å²) >= 11 is 0. The number of benzene rings is 2. The summed E-state index contributed by atoms with van der Waals surface area (Å²) < 4.78 is 32.9. The number of nitrogens with zero attached hydrogens (tertiary/aromatic N) is 1. The normalized spacial score (nSPS) is 17.6. The van der Waals surface area contributed by atoms with Gasteiger partial charge < -0.3 is 10.1 Å². The van der Waals surface area contributed by atoms with Crippen LogP contribution in [0, 0.1) is 0 Å². The number of piperidine rings is 1. The number of carbonyl (C=O) groups excluding carboxylic acids is 1. The van der Waals surface area contributed by atoms with E-state index in [1.54, 1.807) is 31.4 Å². The fourth-order valence-corrected chi connectivity index (χ4v) is 5.35. The molecule has 1 aliphatic rings. The molecule has 0 saturated carbocycles. The zero-order valence-corrected chi connectivity index (χ0v) is 17.5. The van der Waals surface area contributed by atoms with Crippen molar-refractivity contribution in [2.45, 2.75) is 43.0 Å². The summed E-state index contributed by atoms with van der Waals surface area (Å²) in [5.74, 6) is 0.500. The topological polar surface area (TPSA) is 75.7 Å². The smallest absolute Gasteiger partial charge is 0.243 e. The Morgan fingerprint density at radius 1 is 1.10 bits per heavy atom. The SMILES string of the molecule is COc1ccc(S(=O)(=O)N2CCCC[C@H]2CC(=O)NCCc2ccccc2)cc1. The van der Waals surface area contributed by atoms with Gasteiger partial charge >= 0.3 is 0 Å². The van der Waals surface area contributed by atoms with Gasteiger partial charge in [0.25, 0.3) is 0 Å². The minimum atomic E-state index is -3.65. The molecular formula is C22H28N2O4S. The van der Waals surface area contributed by atoms with Crippen LogP contribution in [0.25, 0.3) is 0 Å². The van der Waals surface area contributed by atoms with Crippen LogP contribution >= 0.6 is 0 Å². The minimum Gasteiger partial charge on any atom is -0.497 e. The van der Waals surface area contributed by atoms with E-state index in [2.05, 4.69) is 5.32 Å². The maximum atomic E-state index is 13.1. The number of nitrogens with one attached hydrogen (secondary N) is 1. The van der Waals surface area contributed by atoms with E-state index in [1.165, 1.54) is 4.31 Å². The van der Waals surface area contributed by atoms with Crippen LogP contribution < -0.4 is 10.1 Å². The van der Waals surface area contributed by atoms with Gasteiger partial charge in [0.15, 0.2) is 0 Å². The van der Waals surface area contributed by atoms with Crippen molar-refractivity contribution in [1.82, 2.24) is 9.62 Å². The maximum Gasteiger partial charge on any atom is 0.243 e. The highest BCUT2D eigenvalue weighted by Crippen LogP contribution is 2.28. The predicted octanol–water partition coefficient (Wildman–Crippen LogP) is 2.99. The van der Waals surface area contributed by atoms with Gasteiger partial charge in [-0.15, -0.1) is 0 Å². The lowest BCUT2D eigenvalue weighted by Crippen LogP contribution is -2.46.